The number of fused-ring (bicyclic) bond motifs is 1. The maximum atomic E-state index is 9.30. The molecule has 6 heteroatoms. The van der Waals surface area contributed by atoms with Crippen molar-refractivity contribution in [3.05, 3.63) is 77.6 Å². The third-order valence-corrected chi connectivity index (χ3v) is 6.57. The predicted molar refractivity (Wildman–Crippen MR) is 135 cm³/mol. The van der Waals surface area contributed by atoms with Gasteiger partial charge in [0.2, 0.25) is 0 Å². The quantitative estimate of drug-likeness (QED) is 0.478. The Bertz CT molecular complexity index is 1340. The Hall–Kier alpha value is -3.66. The molecule has 1 N–H and O–H groups in total. The Morgan fingerprint density at radius 2 is 1.79 bits per heavy atom. The molecule has 34 heavy (non-hydrogen) atoms. The lowest BCUT2D eigenvalue weighted by atomic mass is 10.0. The first-order valence-electron chi connectivity index (χ1n) is 11.8. The van der Waals surface area contributed by atoms with Gasteiger partial charge in [-0.15, -0.1) is 0 Å². The van der Waals surface area contributed by atoms with E-state index >= 15 is 0 Å². The molecule has 2 aromatic heterocycles. The molecule has 0 aliphatic carbocycles. The lowest BCUT2D eigenvalue weighted by Crippen LogP contribution is -2.28. The molecule has 0 atom stereocenters. The summed E-state index contributed by atoms with van der Waals surface area (Å²) in [6, 6.07) is 20.6. The van der Waals surface area contributed by atoms with Crippen molar-refractivity contribution >= 4 is 5.65 Å². The van der Waals surface area contributed by atoms with Gasteiger partial charge in [0.05, 0.1) is 30.1 Å². The fraction of sp³-hybridized carbons (Fsp3) is 0.286. The third-order valence-electron chi connectivity index (χ3n) is 6.57. The van der Waals surface area contributed by atoms with Crippen LogP contribution in [0.4, 0.5) is 0 Å². The van der Waals surface area contributed by atoms with E-state index in [0.29, 0.717) is 5.56 Å². The molecule has 1 aliphatic rings. The minimum absolute atomic E-state index is 0.713. The topological polar surface area (TPSA) is 65.6 Å². The van der Waals surface area contributed by atoms with Crippen LogP contribution in [0, 0.1) is 18.3 Å². The van der Waals surface area contributed by atoms with Crippen LogP contribution in [0.15, 0.2) is 60.8 Å². The number of rotatable bonds is 5. The van der Waals surface area contributed by atoms with E-state index < -0.39 is 0 Å². The second kappa shape index (κ2) is 9.68. The van der Waals surface area contributed by atoms with Crippen molar-refractivity contribution in [1.82, 2.24) is 19.6 Å². The first-order valence-corrected chi connectivity index (χ1v) is 11.8. The number of hydrogen-bond donors (Lipinski definition) is 1. The number of pyridine rings is 1. The molecule has 6 nitrogen and oxygen atoms in total. The number of imidazole rings is 1. The molecule has 0 saturated carbocycles. The van der Waals surface area contributed by atoms with Gasteiger partial charge in [-0.2, -0.15) is 5.26 Å². The largest absolute Gasteiger partial charge is 0.497 e. The summed E-state index contributed by atoms with van der Waals surface area (Å²) in [6.07, 6.45) is 3.33. The van der Waals surface area contributed by atoms with Crippen molar-refractivity contribution in [2.24, 2.45) is 0 Å². The summed E-state index contributed by atoms with van der Waals surface area (Å²) in [5.74, 6) is 0.839. The normalized spacial score (nSPS) is 14.6. The molecule has 2 aromatic carbocycles. The lowest BCUT2D eigenvalue weighted by Gasteiger charge is -2.20. The number of nitriles is 1. The second-order valence-electron chi connectivity index (χ2n) is 8.80. The standard InChI is InChI=1S/C28H29N5O/c1-20-16-22(4-5-23(20)17-29)24-8-11-27-31-28(21-6-9-25(34-2)10-7-21)26(33(27)18-24)19-32-14-3-12-30-13-15-32/h4-11,16,18,30H,3,12-15,19H2,1-2H3. The van der Waals surface area contributed by atoms with E-state index in [1.54, 1.807) is 7.11 Å². The molecule has 1 saturated heterocycles. The smallest absolute Gasteiger partial charge is 0.137 e. The van der Waals surface area contributed by atoms with Crippen LogP contribution in [-0.4, -0.2) is 47.6 Å². The summed E-state index contributed by atoms with van der Waals surface area (Å²) in [7, 11) is 1.69. The van der Waals surface area contributed by atoms with Gasteiger partial charge in [0.15, 0.2) is 0 Å². The highest BCUT2D eigenvalue weighted by Crippen LogP contribution is 2.30. The Balaban J connectivity index is 1.61. The molecule has 1 aliphatic heterocycles. The van der Waals surface area contributed by atoms with Crippen molar-refractivity contribution in [3.63, 3.8) is 0 Å². The number of methoxy groups -OCH3 is 1. The number of hydrogen-bond acceptors (Lipinski definition) is 5. The first kappa shape index (κ1) is 22.1. The highest BCUT2D eigenvalue weighted by Gasteiger charge is 2.19. The molecule has 1 fully saturated rings. The van der Waals surface area contributed by atoms with Crippen LogP contribution in [0.2, 0.25) is 0 Å². The molecule has 0 spiro atoms. The highest BCUT2D eigenvalue weighted by atomic mass is 16.5. The van der Waals surface area contributed by atoms with Crippen molar-refractivity contribution in [3.8, 4) is 34.2 Å². The summed E-state index contributed by atoms with van der Waals surface area (Å²) in [4.78, 5) is 7.55. The molecular weight excluding hydrogens is 422 g/mol. The maximum absolute atomic E-state index is 9.30. The van der Waals surface area contributed by atoms with Crippen LogP contribution >= 0.6 is 0 Å². The predicted octanol–water partition coefficient (Wildman–Crippen LogP) is 4.65. The van der Waals surface area contributed by atoms with Gasteiger partial charge < -0.3 is 14.5 Å². The molecule has 0 radical (unpaired) electrons. The van der Waals surface area contributed by atoms with E-state index in [-0.39, 0.29) is 0 Å². The molecule has 0 unspecified atom stereocenters. The highest BCUT2D eigenvalue weighted by molar-refractivity contribution is 5.71. The summed E-state index contributed by atoms with van der Waals surface area (Å²) < 4.78 is 7.60. The minimum Gasteiger partial charge on any atom is -0.497 e. The lowest BCUT2D eigenvalue weighted by molar-refractivity contribution is 0.281. The van der Waals surface area contributed by atoms with E-state index in [9.17, 15) is 5.26 Å². The number of aromatic nitrogens is 2. The van der Waals surface area contributed by atoms with Gasteiger partial charge in [0, 0.05) is 31.4 Å². The summed E-state index contributed by atoms with van der Waals surface area (Å²) in [5, 5.41) is 12.8. The Morgan fingerprint density at radius 1 is 1.00 bits per heavy atom. The van der Waals surface area contributed by atoms with E-state index in [4.69, 9.17) is 9.72 Å². The Labute approximate surface area is 200 Å². The molecule has 0 bridgehead atoms. The van der Waals surface area contributed by atoms with Crippen LogP contribution in [0.1, 0.15) is 23.2 Å². The number of nitrogens with zero attached hydrogens (tertiary/aromatic N) is 4. The summed E-state index contributed by atoms with van der Waals surface area (Å²) in [6.45, 7) is 6.97. The van der Waals surface area contributed by atoms with Gasteiger partial charge in [-0.05, 0) is 85.6 Å². The fourth-order valence-electron chi connectivity index (χ4n) is 4.64. The van der Waals surface area contributed by atoms with E-state index in [0.717, 1.165) is 78.5 Å². The molecule has 3 heterocycles. The number of benzene rings is 2. The van der Waals surface area contributed by atoms with E-state index in [1.165, 1.54) is 5.69 Å². The van der Waals surface area contributed by atoms with Gasteiger partial charge in [-0.1, -0.05) is 12.1 Å². The number of ether oxygens (including phenoxy) is 1. The average molecular weight is 452 g/mol. The van der Waals surface area contributed by atoms with Crippen molar-refractivity contribution in [2.75, 3.05) is 33.3 Å². The molecule has 5 rings (SSSR count). The van der Waals surface area contributed by atoms with Crippen LogP contribution < -0.4 is 10.1 Å². The first-order chi connectivity index (χ1) is 16.7. The van der Waals surface area contributed by atoms with Gasteiger partial charge in [-0.25, -0.2) is 4.98 Å². The van der Waals surface area contributed by atoms with Crippen molar-refractivity contribution in [2.45, 2.75) is 19.9 Å². The second-order valence-corrected chi connectivity index (χ2v) is 8.80. The Morgan fingerprint density at radius 3 is 2.56 bits per heavy atom. The third kappa shape index (κ3) is 4.41. The van der Waals surface area contributed by atoms with E-state index in [2.05, 4.69) is 57.2 Å². The number of aryl methyl sites for hydroxylation is 1. The SMILES string of the molecule is COc1ccc(-c2nc3ccc(-c4ccc(C#N)c(C)c4)cn3c2CN2CCCNCC2)cc1. The van der Waals surface area contributed by atoms with Gasteiger partial charge in [0.25, 0.3) is 0 Å². The van der Waals surface area contributed by atoms with Gasteiger partial charge in [-0.3, -0.25) is 4.90 Å². The molecule has 172 valence electrons. The zero-order chi connectivity index (χ0) is 23.5. The van der Waals surface area contributed by atoms with E-state index in [1.807, 2.05) is 31.2 Å². The maximum Gasteiger partial charge on any atom is 0.137 e. The molecule has 4 aromatic rings. The van der Waals surface area contributed by atoms with Crippen LogP contribution in [0.25, 0.3) is 28.0 Å². The van der Waals surface area contributed by atoms with Crippen molar-refractivity contribution < 1.29 is 4.74 Å². The number of nitrogens with one attached hydrogen (secondary N) is 1. The summed E-state index contributed by atoms with van der Waals surface area (Å²) >= 11 is 0. The van der Waals surface area contributed by atoms with Crippen LogP contribution in [-0.2, 0) is 6.54 Å². The van der Waals surface area contributed by atoms with Crippen LogP contribution in [0.5, 0.6) is 5.75 Å². The van der Waals surface area contributed by atoms with Gasteiger partial charge >= 0.3 is 0 Å². The zero-order valence-electron chi connectivity index (χ0n) is 19.7. The van der Waals surface area contributed by atoms with Crippen molar-refractivity contribution in [1.29, 1.82) is 5.26 Å². The average Bonchev–Trinajstić information content (AvgIpc) is 3.02. The Kier molecular flexibility index (Phi) is 6.31. The monoisotopic (exact) mass is 451 g/mol. The fourth-order valence-corrected chi connectivity index (χ4v) is 4.64. The minimum atomic E-state index is 0.713. The molecular formula is C28H29N5O. The zero-order valence-corrected chi connectivity index (χ0v) is 19.7. The van der Waals surface area contributed by atoms with Gasteiger partial charge in [0.1, 0.15) is 11.4 Å². The van der Waals surface area contributed by atoms with Crippen LogP contribution in [0.3, 0.4) is 0 Å². The molecule has 0 amide bonds. The summed E-state index contributed by atoms with van der Waals surface area (Å²) in [5.41, 5.74) is 8.13.